The molecule has 1 saturated heterocycles. The molecule has 0 aromatic heterocycles. The van der Waals surface area contributed by atoms with Crippen molar-refractivity contribution in [2.75, 3.05) is 55.9 Å². The molecule has 0 aromatic rings. The Morgan fingerprint density at radius 3 is 1.33 bits per heavy atom. The van der Waals surface area contributed by atoms with Crippen molar-refractivity contribution in [3.63, 3.8) is 0 Å². The molecule has 508 valence electrons. The smallest absolute Gasteiger partial charge is 0.246 e. The average molecular weight is 1260 g/mol. The monoisotopic (exact) mass is 1260 g/mol. The van der Waals surface area contributed by atoms with Crippen LogP contribution in [0.5, 0.6) is 0 Å². The molecule has 1 heterocycles. The van der Waals surface area contributed by atoms with Crippen molar-refractivity contribution in [3.05, 3.63) is 22.3 Å². The van der Waals surface area contributed by atoms with Gasteiger partial charge in [-0.2, -0.15) is 0 Å². The van der Waals surface area contributed by atoms with Gasteiger partial charge in [-0.15, -0.1) is 0 Å². The molecule has 1 aliphatic rings. The Labute approximate surface area is 529 Å². The number of amides is 11. The van der Waals surface area contributed by atoms with Gasteiger partial charge in [-0.1, -0.05) is 109 Å². The van der Waals surface area contributed by atoms with Crippen molar-refractivity contribution in [1.29, 1.82) is 0 Å². The number of hydrogen-bond acceptors (Lipinski definition) is 14. The molecule has 1 rings (SSSR count). The molecule has 26 heteroatoms. The fraction of sp³-hybridized carbons (Fsp3) is 0.794. The number of likely N-dealkylation sites (N-methyl/N-ethyl adjacent to an activating group) is 7. The van der Waals surface area contributed by atoms with Crippen molar-refractivity contribution >= 4 is 65.0 Å². The van der Waals surface area contributed by atoms with Crippen molar-refractivity contribution in [3.8, 4) is 0 Å². The van der Waals surface area contributed by atoms with Gasteiger partial charge in [0.05, 0.1) is 6.10 Å². The largest absolute Gasteiger partial charge is 0.390 e. The van der Waals surface area contributed by atoms with E-state index in [1.165, 1.54) is 82.8 Å². The predicted octanol–water partition coefficient (Wildman–Crippen LogP) is 2.91. The van der Waals surface area contributed by atoms with Crippen LogP contribution >= 0.6 is 0 Å². The standard InChI is InChI=1S/C63H112N12O14/c1-25-27-28-40(15)52(76)51-56(80)66-43(26-2)58(82)68(18)44(29-30-75(88)89)59(83)72(22)49(38(11)12)55(79)67-48(37(9)10)62(86)69(19)45(31-34(3)4)54(78)64-41(16)53(77)65-42(17)57(81)70(20)46(32-35(5)6)60(84)71(21)47(33-36(7)8)61(85)73(23)50(39(13)14)63(87)74(51)24/h25,27,34-52,76H,26,28-33H2,1-24H3,(H,64,78)(H,65,77)(H,66,80)(H,67,79)/b27-25+/t40-,41+,42-,43+,44-,45+,46+,47+,48+,49+,50+,51+,52-/m1/s1. The van der Waals surface area contributed by atoms with E-state index < -0.39 is 179 Å². The Morgan fingerprint density at radius 2 is 0.876 bits per heavy atom. The summed E-state index contributed by atoms with van der Waals surface area (Å²) in [5.41, 5.74) is 0. The minimum Gasteiger partial charge on any atom is -0.390 e. The molecule has 13 atom stereocenters. The van der Waals surface area contributed by atoms with E-state index in [0.717, 1.165) is 14.7 Å². The third-order valence-corrected chi connectivity index (χ3v) is 16.8. The predicted molar refractivity (Wildman–Crippen MR) is 339 cm³/mol. The van der Waals surface area contributed by atoms with E-state index in [4.69, 9.17) is 0 Å². The summed E-state index contributed by atoms with van der Waals surface area (Å²) in [6.07, 6.45) is 1.88. The number of allylic oxidation sites excluding steroid dienone is 2. The summed E-state index contributed by atoms with van der Waals surface area (Å²) in [5, 5.41) is 35.0. The Kier molecular flexibility index (Phi) is 32.7. The first-order valence-electron chi connectivity index (χ1n) is 31.5. The van der Waals surface area contributed by atoms with Gasteiger partial charge in [0.15, 0.2) is 0 Å². The summed E-state index contributed by atoms with van der Waals surface area (Å²) < 4.78 is 0. The van der Waals surface area contributed by atoms with E-state index in [1.807, 2.05) is 41.5 Å². The Hall–Kier alpha value is -6.73. The van der Waals surface area contributed by atoms with Crippen LogP contribution in [0.4, 0.5) is 0 Å². The summed E-state index contributed by atoms with van der Waals surface area (Å²) in [4.78, 5) is 181. The van der Waals surface area contributed by atoms with Crippen LogP contribution < -0.4 is 21.3 Å². The van der Waals surface area contributed by atoms with E-state index in [1.54, 1.807) is 74.5 Å². The fourth-order valence-corrected chi connectivity index (χ4v) is 11.4. The molecule has 89 heavy (non-hydrogen) atoms. The van der Waals surface area contributed by atoms with Gasteiger partial charge < -0.3 is 60.7 Å². The lowest BCUT2D eigenvalue weighted by Gasteiger charge is -2.41. The van der Waals surface area contributed by atoms with Gasteiger partial charge in [-0.3, -0.25) is 62.9 Å². The first-order chi connectivity index (χ1) is 41.0. The zero-order valence-electron chi connectivity index (χ0n) is 57.9. The molecule has 5 N–H and O–H groups in total. The van der Waals surface area contributed by atoms with E-state index in [-0.39, 0.29) is 49.9 Å². The highest BCUT2D eigenvalue weighted by Gasteiger charge is 2.47. The maximum absolute atomic E-state index is 15.2. The number of carbonyl (C=O) groups excluding carboxylic acids is 11. The number of aliphatic hydroxyl groups excluding tert-OH is 1. The number of rotatable bonds is 17. The minimum atomic E-state index is -1.71. The molecule has 0 bridgehead atoms. The van der Waals surface area contributed by atoms with E-state index >= 15 is 9.59 Å². The average Bonchev–Trinajstić information content (AvgIpc) is 0.947. The van der Waals surface area contributed by atoms with Crippen LogP contribution in [0, 0.1) is 51.5 Å². The quantitative estimate of drug-likeness (QED) is 0.0795. The minimum absolute atomic E-state index is 0.109. The van der Waals surface area contributed by atoms with Crippen molar-refractivity contribution in [2.24, 2.45) is 41.4 Å². The van der Waals surface area contributed by atoms with Crippen molar-refractivity contribution in [1.82, 2.24) is 55.6 Å². The normalized spacial score (nSPS) is 27.0. The van der Waals surface area contributed by atoms with Crippen LogP contribution in [-0.2, 0) is 52.7 Å². The third kappa shape index (κ3) is 22.0. The second-order valence-corrected chi connectivity index (χ2v) is 26.7. The van der Waals surface area contributed by atoms with Gasteiger partial charge in [0.2, 0.25) is 71.5 Å². The van der Waals surface area contributed by atoms with E-state index in [2.05, 4.69) is 21.3 Å². The number of aliphatic hydroxyl groups is 1. The highest BCUT2D eigenvalue weighted by molar-refractivity contribution is 6.00. The third-order valence-electron chi connectivity index (χ3n) is 16.8. The topological polar surface area (TPSA) is 322 Å². The van der Waals surface area contributed by atoms with Gasteiger partial charge in [0, 0.05) is 60.7 Å². The maximum Gasteiger partial charge on any atom is 0.246 e. The summed E-state index contributed by atoms with van der Waals surface area (Å²) in [6, 6.07) is -14.8. The summed E-state index contributed by atoms with van der Waals surface area (Å²) in [7, 11) is 9.47. The molecule has 26 nitrogen and oxygen atoms in total. The number of carbonyl (C=O) groups is 11. The SMILES string of the molecule is C/C=C/C[C@@H](C)[C@@H](O)[C@H]1C(=O)N[C@@H](CC)C(=O)N(C)[C@H](CC[N+](=O)[O-])C(=O)N(C)[C@@H](C(C)C)C(=O)N[C@@H](C(C)C)C(=O)N(C)[C@@H](CC(C)C)C(=O)N[C@@H](C)C(=O)N[C@H](C)C(=O)N(C)[C@@H](CC(C)C)C(=O)N(C)[C@@H](CC(C)C)C(=O)N(C)[C@@H](C(C)C)C(=O)N1C. The van der Waals surface area contributed by atoms with Crippen molar-refractivity contribution < 1.29 is 62.8 Å². The zero-order chi connectivity index (χ0) is 69.1. The van der Waals surface area contributed by atoms with Gasteiger partial charge in [-0.25, -0.2) is 0 Å². The summed E-state index contributed by atoms with van der Waals surface area (Å²) in [5.74, 6) is -11.6. The van der Waals surface area contributed by atoms with Crippen molar-refractivity contribution in [2.45, 2.75) is 229 Å². The molecule has 0 unspecified atom stereocenters. The zero-order valence-corrected chi connectivity index (χ0v) is 57.9. The van der Waals surface area contributed by atoms with Gasteiger partial charge in [-0.05, 0) is 94.3 Å². The number of nitrogens with one attached hydrogen (secondary N) is 4. The lowest BCUT2D eigenvalue weighted by Crippen LogP contribution is -2.64. The Balaban J connectivity index is 4.48. The second kappa shape index (κ2) is 36.2. The number of hydrogen-bond donors (Lipinski definition) is 5. The first-order valence-corrected chi connectivity index (χ1v) is 31.5. The van der Waals surface area contributed by atoms with Crippen LogP contribution in [0.3, 0.4) is 0 Å². The lowest BCUT2D eigenvalue weighted by molar-refractivity contribution is -0.481. The van der Waals surface area contributed by atoms with Crippen LogP contribution in [0.25, 0.3) is 0 Å². The second-order valence-electron chi connectivity index (χ2n) is 26.7. The molecule has 0 aromatic carbocycles. The Bertz CT molecular complexity index is 2490. The van der Waals surface area contributed by atoms with E-state index in [9.17, 15) is 58.4 Å². The molecule has 0 aliphatic carbocycles. The van der Waals surface area contributed by atoms with Gasteiger partial charge in [0.25, 0.3) is 0 Å². The van der Waals surface area contributed by atoms with Crippen LogP contribution in [-0.4, -0.2) is 238 Å². The number of nitro groups is 1. The van der Waals surface area contributed by atoms with Crippen LogP contribution in [0.15, 0.2) is 12.2 Å². The highest BCUT2D eigenvalue weighted by atomic mass is 16.6. The number of nitrogens with zero attached hydrogens (tertiary/aromatic N) is 8. The Morgan fingerprint density at radius 1 is 0.472 bits per heavy atom. The summed E-state index contributed by atoms with van der Waals surface area (Å²) >= 11 is 0. The van der Waals surface area contributed by atoms with Gasteiger partial charge >= 0.3 is 0 Å². The molecule has 1 fully saturated rings. The van der Waals surface area contributed by atoms with E-state index in [0.29, 0.717) is 0 Å². The summed E-state index contributed by atoms with van der Waals surface area (Å²) in [6.45, 7) is 28.1. The lowest BCUT2D eigenvalue weighted by atomic mass is 9.91. The molecular formula is C63H112N12O14. The highest BCUT2D eigenvalue weighted by Crippen LogP contribution is 2.26. The van der Waals surface area contributed by atoms with Crippen LogP contribution in [0.1, 0.15) is 156 Å². The molecule has 0 radical (unpaired) electrons. The maximum atomic E-state index is 15.2. The first kappa shape index (κ1) is 80.3. The molecular weight excluding hydrogens is 1150 g/mol. The molecule has 0 spiro atoms. The molecule has 1 aliphatic heterocycles. The van der Waals surface area contributed by atoms with Crippen LogP contribution in [0.2, 0.25) is 0 Å². The molecule has 0 saturated carbocycles. The molecule has 11 amide bonds. The fourth-order valence-electron chi connectivity index (χ4n) is 11.4. The van der Waals surface area contributed by atoms with Gasteiger partial charge in [0.1, 0.15) is 66.5 Å².